The van der Waals surface area contributed by atoms with E-state index in [-0.39, 0.29) is 13.2 Å². The van der Waals surface area contributed by atoms with Crippen molar-refractivity contribution >= 4 is 0 Å². The minimum Gasteiger partial charge on any atom is -0.394 e. The van der Waals surface area contributed by atoms with E-state index in [1.54, 1.807) is 7.11 Å². The first kappa shape index (κ1) is 140. The van der Waals surface area contributed by atoms with Gasteiger partial charge >= 0.3 is 0 Å². The minimum atomic E-state index is -0.861. The molecule has 0 aromatic carbocycles. The highest BCUT2D eigenvalue weighted by atomic mass is 16.7. The first-order chi connectivity index (χ1) is 70.8. The third kappa shape index (κ3) is 136. The highest BCUT2D eigenvalue weighted by Gasteiger charge is 2.08. The summed E-state index contributed by atoms with van der Waals surface area (Å²) in [6, 6.07) is 0. The molecule has 0 aliphatic heterocycles. The Labute approximate surface area is 845 Å². The van der Waals surface area contributed by atoms with Crippen LogP contribution in [0.4, 0.5) is 0 Å². The van der Waals surface area contributed by atoms with Crippen molar-refractivity contribution < 1.29 is 228 Å². The third-order valence-corrected chi connectivity index (χ3v) is 17.3. The number of methoxy groups -OCH3 is 1. The lowest BCUT2D eigenvalue weighted by Gasteiger charge is -2.09. The van der Waals surface area contributed by atoms with Crippen molar-refractivity contribution in [3.63, 3.8) is 0 Å². The van der Waals surface area contributed by atoms with Crippen LogP contribution in [0.1, 0.15) is 0 Å². The molecule has 0 aromatic rings. The number of rotatable bonds is 138. The normalized spacial score (nSPS) is 12.1. The van der Waals surface area contributed by atoms with E-state index in [9.17, 15) is 5.11 Å². The zero-order valence-electron chi connectivity index (χ0n) is 86.3. The van der Waals surface area contributed by atoms with Gasteiger partial charge in [-0.2, -0.15) is 0 Å². The highest BCUT2D eigenvalue weighted by Crippen LogP contribution is 1.98. The Hall–Kier alpha value is -1.92. The van der Waals surface area contributed by atoms with Gasteiger partial charge in [0.05, 0.1) is 608 Å². The average Bonchev–Trinajstić information content (AvgIpc) is 1.07. The van der Waals surface area contributed by atoms with Gasteiger partial charge in [0.25, 0.3) is 0 Å². The fourth-order valence-electron chi connectivity index (χ4n) is 10.1. The molecule has 0 fully saturated rings. The molecule has 48 nitrogen and oxygen atoms in total. The molecule has 0 aromatic heterocycles. The molecule has 2 N–H and O–H groups in total. The molecule has 48 heteroatoms. The summed E-state index contributed by atoms with van der Waals surface area (Å²) in [5.41, 5.74) is 0. The molecule has 0 spiro atoms. The fraction of sp³-hybridized carbons (Fsp3) is 1.00. The second kappa shape index (κ2) is 137. The van der Waals surface area contributed by atoms with Crippen LogP contribution in [0, 0.1) is 0 Å². The standard InChI is InChI=1S/C94H190O48/c1-97-2-3-98-4-5-99-6-7-100-8-9-101-10-11-102-12-13-103-14-15-104-16-17-105-18-19-106-20-21-107-22-23-108-24-25-109-26-27-110-28-29-111-30-31-112-32-33-113-34-35-114-36-37-115-38-39-116-40-41-117-42-43-118-44-45-119-46-47-120-48-49-121-50-51-122-52-53-123-54-55-124-56-57-125-58-59-126-60-61-127-62-63-128-64-65-129-66-67-130-68-69-131-70-71-132-72-73-133-74-75-134-76-77-135-78-79-136-80-81-137-82-83-138-84-85-139-86-87-140-88-89-141-90-91-142-93-94(96)92-95/h94-96H,2-93H2,1H3. The van der Waals surface area contributed by atoms with Crippen LogP contribution in [0.2, 0.25) is 0 Å². The van der Waals surface area contributed by atoms with Gasteiger partial charge in [-0.1, -0.05) is 0 Å². The van der Waals surface area contributed by atoms with Gasteiger partial charge in [0, 0.05) is 7.11 Å². The van der Waals surface area contributed by atoms with E-state index in [0.29, 0.717) is 595 Å². The molecular formula is C94H190O48. The molecule has 0 saturated carbocycles. The summed E-state index contributed by atoms with van der Waals surface area (Å²) in [5.74, 6) is 0. The van der Waals surface area contributed by atoms with Crippen LogP contribution in [0.25, 0.3) is 0 Å². The van der Waals surface area contributed by atoms with Crippen LogP contribution in [0.15, 0.2) is 0 Å². The zero-order valence-corrected chi connectivity index (χ0v) is 86.3. The van der Waals surface area contributed by atoms with E-state index >= 15 is 0 Å². The molecule has 0 bridgehead atoms. The van der Waals surface area contributed by atoms with Crippen molar-refractivity contribution in [3.05, 3.63) is 0 Å². The highest BCUT2D eigenvalue weighted by molar-refractivity contribution is 4.51. The zero-order chi connectivity index (χ0) is 101. The van der Waals surface area contributed by atoms with E-state index in [0.717, 1.165) is 0 Å². The smallest absolute Gasteiger partial charge is 0.100 e. The molecule has 0 rings (SSSR count). The number of ether oxygens (including phenoxy) is 46. The maximum absolute atomic E-state index is 9.17. The van der Waals surface area contributed by atoms with Gasteiger partial charge in [-0.05, 0) is 0 Å². The Morgan fingerprint density at radius 3 is 0.211 bits per heavy atom. The molecule has 0 heterocycles. The van der Waals surface area contributed by atoms with Crippen LogP contribution in [0.3, 0.4) is 0 Å². The molecule has 0 saturated heterocycles. The number of aliphatic hydroxyl groups excluding tert-OH is 2. The van der Waals surface area contributed by atoms with Gasteiger partial charge in [0.1, 0.15) is 6.10 Å². The Morgan fingerprint density at radius 2 is 0.155 bits per heavy atom. The van der Waals surface area contributed by atoms with Gasteiger partial charge in [-0.25, -0.2) is 0 Å². The molecule has 1 unspecified atom stereocenters. The SMILES string of the molecule is COCCOCCOCCOCCOCCOCCOCCOCCOCCOCCOCCOCCOCCOCCOCCOCCOCCOCCOCCOCCOCCOCCOCCOCCOCCOCCOCCOCCOCCOCCOCCOCCOCCOCCOCCOCCOCCOCCOCCOCCOCCOCCOCCOCCOCCOCC(O)CO. The lowest BCUT2D eigenvalue weighted by molar-refractivity contribution is -0.0335. The van der Waals surface area contributed by atoms with Gasteiger partial charge in [-0.3, -0.25) is 0 Å². The van der Waals surface area contributed by atoms with Crippen molar-refractivity contribution in [2.24, 2.45) is 0 Å². The maximum atomic E-state index is 9.17. The molecule has 1 atom stereocenters. The Kier molecular flexibility index (Phi) is 135. The predicted molar refractivity (Wildman–Crippen MR) is 512 cm³/mol. The molecule has 142 heavy (non-hydrogen) atoms. The van der Waals surface area contributed by atoms with E-state index in [1.807, 2.05) is 0 Å². The average molecular weight is 2090 g/mol. The van der Waals surface area contributed by atoms with Crippen LogP contribution in [0.5, 0.6) is 0 Å². The summed E-state index contributed by atoms with van der Waals surface area (Å²) >= 11 is 0. The maximum Gasteiger partial charge on any atom is 0.100 e. The molecule has 0 amide bonds. The molecule has 0 aliphatic carbocycles. The number of hydrogen-bond acceptors (Lipinski definition) is 48. The second-order valence-corrected chi connectivity index (χ2v) is 28.8. The van der Waals surface area contributed by atoms with Crippen LogP contribution >= 0.6 is 0 Å². The van der Waals surface area contributed by atoms with E-state index in [1.165, 1.54) is 0 Å². The Balaban J connectivity index is 3.11. The Bertz CT molecular complexity index is 1940. The third-order valence-electron chi connectivity index (χ3n) is 17.3. The van der Waals surface area contributed by atoms with Crippen molar-refractivity contribution in [1.29, 1.82) is 0 Å². The van der Waals surface area contributed by atoms with Gasteiger partial charge in [-0.15, -0.1) is 0 Å². The summed E-state index contributed by atoms with van der Waals surface area (Å²) in [4.78, 5) is 0. The number of aliphatic hydroxyl groups is 2. The van der Waals surface area contributed by atoms with Crippen molar-refractivity contribution in [2.45, 2.75) is 6.10 Å². The van der Waals surface area contributed by atoms with E-state index in [2.05, 4.69) is 0 Å². The summed E-state index contributed by atoms with van der Waals surface area (Å²) in [6.07, 6.45) is -0.861. The lowest BCUT2D eigenvalue weighted by atomic mass is 10.4. The largest absolute Gasteiger partial charge is 0.394 e. The van der Waals surface area contributed by atoms with Gasteiger partial charge in [0.2, 0.25) is 0 Å². The molecule has 854 valence electrons. The predicted octanol–water partition coefficient (Wildman–Crippen LogP) is -0.267. The Morgan fingerprint density at radius 1 is 0.0986 bits per heavy atom. The minimum absolute atomic E-state index is 0.0843. The van der Waals surface area contributed by atoms with Gasteiger partial charge in [0.15, 0.2) is 0 Å². The first-order valence-corrected chi connectivity index (χ1v) is 50.6. The van der Waals surface area contributed by atoms with Crippen molar-refractivity contribution in [1.82, 2.24) is 0 Å². The summed E-state index contributed by atoms with van der Waals surface area (Å²) in [5, 5.41) is 17.9. The molecule has 0 aliphatic rings. The quantitative estimate of drug-likeness (QED) is 0.0740. The number of hydrogen-bond donors (Lipinski definition) is 2. The monoisotopic (exact) mass is 2090 g/mol. The second-order valence-electron chi connectivity index (χ2n) is 28.8. The van der Waals surface area contributed by atoms with E-state index < -0.39 is 6.10 Å². The topological polar surface area (TPSA) is 465 Å². The summed E-state index contributed by atoms with van der Waals surface area (Å²) in [7, 11) is 1.64. The van der Waals surface area contributed by atoms with Crippen molar-refractivity contribution in [2.75, 3.05) is 615 Å². The fourth-order valence-corrected chi connectivity index (χ4v) is 10.1. The van der Waals surface area contributed by atoms with Crippen LogP contribution in [-0.2, 0) is 218 Å². The molecule has 0 radical (unpaired) electrons. The first-order valence-electron chi connectivity index (χ1n) is 50.6. The lowest BCUT2D eigenvalue weighted by Crippen LogP contribution is -2.21. The van der Waals surface area contributed by atoms with E-state index in [4.69, 9.17) is 223 Å². The van der Waals surface area contributed by atoms with Gasteiger partial charge < -0.3 is 228 Å². The molecular weight excluding hydrogens is 1900 g/mol. The van der Waals surface area contributed by atoms with Crippen LogP contribution in [-0.4, -0.2) is 631 Å². The summed E-state index contributed by atoms with van der Waals surface area (Å²) < 4.78 is 253. The summed E-state index contributed by atoms with van der Waals surface area (Å²) in [6.45, 7) is 42.7. The van der Waals surface area contributed by atoms with Crippen LogP contribution < -0.4 is 0 Å². The van der Waals surface area contributed by atoms with Crippen molar-refractivity contribution in [3.8, 4) is 0 Å².